The SMILES string of the molecule is COc1cc2ncc(-c3nc(NC4CNCCC4F)c(F)cc3F)n2nc1C1CC2(CCC2)C1. The summed E-state index contributed by atoms with van der Waals surface area (Å²) < 4.78 is 50.9. The number of nitrogens with zero attached hydrogens (tertiary/aromatic N) is 4. The third-order valence-corrected chi connectivity index (χ3v) is 7.76. The molecule has 3 aromatic heterocycles. The fraction of sp³-hybridized carbons (Fsp3) is 0.542. The molecular weight excluding hydrogens is 445 g/mol. The summed E-state index contributed by atoms with van der Waals surface area (Å²) in [5.41, 5.74) is 1.96. The van der Waals surface area contributed by atoms with Gasteiger partial charge in [0.1, 0.15) is 29.0 Å². The summed E-state index contributed by atoms with van der Waals surface area (Å²) in [7, 11) is 1.61. The first-order valence-corrected chi connectivity index (χ1v) is 11.9. The van der Waals surface area contributed by atoms with Crippen LogP contribution in [0.25, 0.3) is 17.0 Å². The lowest BCUT2D eigenvalue weighted by atomic mass is 9.51. The number of piperidine rings is 1. The van der Waals surface area contributed by atoms with Crippen molar-refractivity contribution in [1.82, 2.24) is 24.9 Å². The summed E-state index contributed by atoms with van der Waals surface area (Å²) in [6, 6.07) is 1.91. The molecule has 3 aromatic rings. The fourth-order valence-electron chi connectivity index (χ4n) is 5.67. The van der Waals surface area contributed by atoms with Crippen LogP contribution >= 0.6 is 0 Å². The van der Waals surface area contributed by atoms with Crippen molar-refractivity contribution in [3.8, 4) is 17.1 Å². The molecule has 0 bridgehead atoms. The molecule has 2 atom stereocenters. The number of fused-ring (bicyclic) bond motifs is 1. The van der Waals surface area contributed by atoms with Crippen molar-refractivity contribution in [2.24, 2.45) is 5.41 Å². The highest BCUT2D eigenvalue weighted by molar-refractivity contribution is 5.63. The lowest BCUT2D eigenvalue weighted by molar-refractivity contribution is 0.00648. The predicted molar refractivity (Wildman–Crippen MR) is 121 cm³/mol. The number of anilines is 1. The quantitative estimate of drug-likeness (QED) is 0.579. The molecule has 7 nitrogen and oxygen atoms in total. The second-order valence-electron chi connectivity index (χ2n) is 9.88. The van der Waals surface area contributed by atoms with Crippen molar-refractivity contribution in [2.75, 3.05) is 25.5 Å². The largest absolute Gasteiger partial charge is 0.495 e. The predicted octanol–water partition coefficient (Wildman–Crippen LogP) is 4.24. The van der Waals surface area contributed by atoms with Crippen molar-refractivity contribution in [3.05, 3.63) is 35.7 Å². The second-order valence-corrected chi connectivity index (χ2v) is 9.88. The van der Waals surface area contributed by atoms with Gasteiger partial charge in [-0.05, 0) is 44.1 Å². The van der Waals surface area contributed by atoms with Gasteiger partial charge in [0.05, 0.1) is 19.3 Å². The fourth-order valence-corrected chi connectivity index (χ4v) is 5.67. The van der Waals surface area contributed by atoms with Gasteiger partial charge in [-0.25, -0.2) is 27.7 Å². The van der Waals surface area contributed by atoms with Crippen molar-refractivity contribution >= 4 is 11.5 Å². The Bertz CT molecular complexity index is 1240. The van der Waals surface area contributed by atoms with Crippen LogP contribution in [0.3, 0.4) is 0 Å². The van der Waals surface area contributed by atoms with Gasteiger partial charge >= 0.3 is 0 Å². The van der Waals surface area contributed by atoms with Crippen LogP contribution in [0.1, 0.15) is 50.1 Å². The average molecular weight is 473 g/mol. The van der Waals surface area contributed by atoms with Crippen LogP contribution in [0.2, 0.25) is 0 Å². The topological polar surface area (TPSA) is 76.4 Å². The van der Waals surface area contributed by atoms with E-state index in [0.717, 1.165) is 24.6 Å². The maximum atomic E-state index is 14.9. The Kier molecular flexibility index (Phi) is 5.16. The zero-order valence-electron chi connectivity index (χ0n) is 19.0. The zero-order chi connectivity index (χ0) is 23.4. The number of imidazole rings is 1. The molecular formula is C24H27F3N6O. The zero-order valence-corrected chi connectivity index (χ0v) is 19.0. The van der Waals surface area contributed by atoms with E-state index in [0.29, 0.717) is 42.0 Å². The molecule has 2 N–H and O–H groups in total. The van der Waals surface area contributed by atoms with E-state index in [9.17, 15) is 13.2 Å². The third kappa shape index (κ3) is 3.50. The first kappa shape index (κ1) is 21.6. The number of hydrogen-bond acceptors (Lipinski definition) is 6. The highest BCUT2D eigenvalue weighted by Crippen LogP contribution is 2.62. The van der Waals surface area contributed by atoms with Crippen LogP contribution in [-0.2, 0) is 0 Å². The summed E-state index contributed by atoms with van der Waals surface area (Å²) in [5.74, 6) is -0.957. The molecule has 1 spiro atoms. The summed E-state index contributed by atoms with van der Waals surface area (Å²) >= 11 is 0. The van der Waals surface area contributed by atoms with Gasteiger partial charge in [0.25, 0.3) is 0 Å². The molecule has 10 heteroatoms. The summed E-state index contributed by atoms with van der Waals surface area (Å²) in [6.07, 6.45) is 6.59. The smallest absolute Gasteiger partial charge is 0.168 e. The monoisotopic (exact) mass is 472 g/mol. The Morgan fingerprint density at radius 2 is 2.03 bits per heavy atom. The van der Waals surface area contributed by atoms with E-state index in [-0.39, 0.29) is 17.4 Å². The molecule has 2 aliphatic carbocycles. The molecule has 34 heavy (non-hydrogen) atoms. The van der Waals surface area contributed by atoms with Crippen LogP contribution in [0.5, 0.6) is 5.75 Å². The lowest BCUT2D eigenvalue weighted by Crippen LogP contribution is -2.46. The highest BCUT2D eigenvalue weighted by atomic mass is 19.1. The summed E-state index contributed by atoms with van der Waals surface area (Å²) in [4.78, 5) is 8.56. The van der Waals surface area contributed by atoms with E-state index < -0.39 is 23.8 Å². The molecule has 2 saturated carbocycles. The van der Waals surface area contributed by atoms with Gasteiger partial charge in [-0.1, -0.05) is 6.42 Å². The average Bonchev–Trinajstić information content (AvgIpc) is 3.17. The normalized spacial score (nSPS) is 24.1. The number of pyridine rings is 1. The molecule has 3 aliphatic rings. The van der Waals surface area contributed by atoms with E-state index >= 15 is 0 Å². The van der Waals surface area contributed by atoms with Crippen LogP contribution in [0, 0.1) is 17.0 Å². The number of aromatic nitrogens is 4. The highest BCUT2D eigenvalue weighted by Gasteiger charge is 2.49. The maximum absolute atomic E-state index is 14.9. The van der Waals surface area contributed by atoms with Crippen LogP contribution in [0.4, 0.5) is 19.0 Å². The number of rotatable bonds is 5. The number of ether oxygens (including phenoxy) is 1. The first-order chi connectivity index (χ1) is 16.5. The molecule has 0 radical (unpaired) electrons. The standard InChI is InChI=1S/C24H27F3N6O/c1-34-19-8-20-29-12-18(33(20)32-21(19)13-9-24(10-13)4-2-5-24)22-15(26)7-16(27)23(31-22)30-17-11-28-6-3-14(17)25/h7-8,12-14,17,28H,2-6,9-11H2,1H3,(H,30,31). The number of methoxy groups -OCH3 is 1. The number of alkyl halides is 1. The molecule has 3 fully saturated rings. The Morgan fingerprint density at radius 1 is 1.21 bits per heavy atom. The van der Waals surface area contributed by atoms with Gasteiger partial charge in [-0.3, -0.25) is 0 Å². The molecule has 180 valence electrons. The van der Waals surface area contributed by atoms with Gasteiger partial charge in [-0.2, -0.15) is 5.10 Å². The minimum Gasteiger partial charge on any atom is -0.495 e. The summed E-state index contributed by atoms with van der Waals surface area (Å²) in [6.45, 7) is 0.892. The van der Waals surface area contributed by atoms with Crippen molar-refractivity contribution in [2.45, 2.75) is 56.7 Å². The second kappa shape index (κ2) is 8.11. The van der Waals surface area contributed by atoms with Gasteiger partial charge in [0.2, 0.25) is 0 Å². The van der Waals surface area contributed by atoms with Crippen molar-refractivity contribution in [3.63, 3.8) is 0 Å². The Labute approximate surface area is 195 Å². The molecule has 0 amide bonds. The van der Waals surface area contributed by atoms with Crippen LogP contribution in [0.15, 0.2) is 18.3 Å². The van der Waals surface area contributed by atoms with Gasteiger partial charge in [0.15, 0.2) is 23.1 Å². The third-order valence-electron chi connectivity index (χ3n) is 7.76. The molecule has 1 aliphatic heterocycles. The number of halogens is 3. The van der Waals surface area contributed by atoms with E-state index in [2.05, 4.69) is 20.6 Å². The number of hydrogen-bond donors (Lipinski definition) is 2. The van der Waals surface area contributed by atoms with E-state index in [1.807, 2.05) is 0 Å². The Hall–Kier alpha value is -2.88. The minimum absolute atomic E-state index is 0.0942. The molecule has 1 saturated heterocycles. The van der Waals surface area contributed by atoms with Gasteiger partial charge in [0, 0.05) is 24.6 Å². The van der Waals surface area contributed by atoms with E-state index in [1.165, 1.54) is 30.0 Å². The van der Waals surface area contributed by atoms with Crippen molar-refractivity contribution in [1.29, 1.82) is 0 Å². The lowest BCUT2D eigenvalue weighted by Gasteiger charge is -2.54. The molecule has 6 rings (SSSR count). The molecule has 2 unspecified atom stereocenters. The van der Waals surface area contributed by atoms with E-state index in [4.69, 9.17) is 9.84 Å². The van der Waals surface area contributed by atoms with E-state index in [1.54, 1.807) is 13.2 Å². The maximum Gasteiger partial charge on any atom is 0.168 e. The molecule has 0 aromatic carbocycles. The number of nitrogens with one attached hydrogen (secondary N) is 2. The Balaban J connectivity index is 1.37. The van der Waals surface area contributed by atoms with Crippen LogP contribution < -0.4 is 15.4 Å². The molecule has 4 heterocycles. The Morgan fingerprint density at radius 3 is 2.74 bits per heavy atom. The minimum atomic E-state index is -1.15. The van der Waals surface area contributed by atoms with Crippen molar-refractivity contribution < 1.29 is 17.9 Å². The van der Waals surface area contributed by atoms with Crippen LogP contribution in [-0.4, -0.2) is 52.0 Å². The van der Waals surface area contributed by atoms with Gasteiger partial charge < -0.3 is 15.4 Å². The first-order valence-electron chi connectivity index (χ1n) is 11.9. The summed E-state index contributed by atoms with van der Waals surface area (Å²) in [5, 5.41) is 10.7. The van der Waals surface area contributed by atoms with Gasteiger partial charge in [-0.15, -0.1) is 0 Å².